The Hall–Kier alpha value is -2.53. The van der Waals surface area contributed by atoms with Gasteiger partial charge in [-0.1, -0.05) is 23.7 Å². The predicted molar refractivity (Wildman–Crippen MR) is 102 cm³/mol. The fourth-order valence-electron chi connectivity index (χ4n) is 3.05. The second kappa shape index (κ2) is 8.23. The van der Waals surface area contributed by atoms with E-state index >= 15 is 0 Å². The van der Waals surface area contributed by atoms with Crippen molar-refractivity contribution in [2.45, 2.75) is 25.8 Å². The lowest BCUT2D eigenvalue weighted by Crippen LogP contribution is -2.34. The van der Waals surface area contributed by atoms with Gasteiger partial charge < -0.3 is 15.0 Å². The minimum Gasteiger partial charge on any atom is -0.496 e. The summed E-state index contributed by atoms with van der Waals surface area (Å²) in [7, 11) is 1.51. The highest BCUT2D eigenvalue weighted by atomic mass is 35.5. The van der Waals surface area contributed by atoms with E-state index in [1.807, 2.05) is 29.2 Å². The fourth-order valence-corrected chi connectivity index (χ4v) is 3.22. The molecule has 1 saturated heterocycles. The first kappa shape index (κ1) is 18.3. The normalized spacial score (nSPS) is 14.2. The fraction of sp³-hybridized carbons (Fsp3) is 0.300. The minimum absolute atomic E-state index is 0.189. The zero-order valence-corrected chi connectivity index (χ0v) is 15.4. The second-order valence-electron chi connectivity index (χ2n) is 6.27. The molecule has 136 valence electrons. The third-order valence-electron chi connectivity index (χ3n) is 4.39. The average Bonchev–Trinajstić information content (AvgIpc) is 2.64. The molecule has 0 saturated carbocycles. The summed E-state index contributed by atoms with van der Waals surface area (Å²) in [6, 6.07) is 12.4. The average molecular weight is 373 g/mol. The van der Waals surface area contributed by atoms with E-state index in [1.54, 1.807) is 18.2 Å². The van der Waals surface area contributed by atoms with Gasteiger partial charge in [0.2, 0.25) is 5.91 Å². The Morgan fingerprint density at radius 2 is 2.08 bits per heavy atom. The second-order valence-corrected chi connectivity index (χ2v) is 6.71. The van der Waals surface area contributed by atoms with Gasteiger partial charge in [-0.05, 0) is 48.7 Å². The van der Waals surface area contributed by atoms with Crippen LogP contribution in [-0.2, 0) is 11.3 Å². The molecular formula is C20H21ClN2O3. The van der Waals surface area contributed by atoms with Crippen molar-refractivity contribution in [3.05, 3.63) is 58.6 Å². The molecule has 2 aromatic carbocycles. The van der Waals surface area contributed by atoms with Crippen molar-refractivity contribution in [3.8, 4) is 5.75 Å². The molecule has 2 amide bonds. The number of carbonyl (C=O) groups excluding carboxylic acids is 2. The number of amides is 2. The highest BCUT2D eigenvalue weighted by Gasteiger charge is 2.18. The summed E-state index contributed by atoms with van der Waals surface area (Å²) in [6.45, 7) is 1.35. The smallest absolute Gasteiger partial charge is 0.259 e. The largest absolute Gasteiger partial charge is 0.496 e. The van der Waals surface area contributed by atoms with E-state index in [2.05, 4.69) is 5.32 Å². The van der Waals surface area contributed by atoms with Crippen LogP contribution in [0.25, 0.3) is 0 Å². The summed E-state index contributed by atoms with van der Waals surface area (Å²) in [5.41, 5.74) is 2.02. The number of halogens is 1. The standard InChI is InChI=1S/C20H21ClN2O3/c1-26-18-9-8-15(21)12-17(18)20(25)22-16-6-4-5-14(11-16)13-23-10-3-2-7-19(23)24/h4-6,8-9,11-12H,2-3,7,10,13H2,1H3,(H,22,25). The van der Waals surface area contributed by atoms with Crippen LogP contribution in [0.3, 0.4) is 0 Å². The van der Waals surface area contributed by atoms with Gasteiger partial charge in [-0.15, -0.1) is 0 Å². The van der Waals surface area contributed by atoms with Gasteiger partial charge in [-0.25, -0.2) is 0 Å². The van der Waals surface area contributed by atoms with Gasteiger partial charge in [-0.3, -0.25) is 9.59 Å². The summed E-state index contributed by atoms with van der Waals surface area (Å²) in [4.78, 5) is 26.4. The van der Waals surface area contributed by atoms with Crippen molar-refractivity contribution >= 4 is 29.1 Å². The van der Waals surface area contributed by atoms with E-state index in [4.69, 9.17) is 16.3 Å². The van der Waals surface area contributed by atoms with Crippen molar-refractivity contribution in [1.29, 1.82) is 0 Å². The maximum Gasteiger partial charge on any atom is 0.259 e. The Balaban J connectivity index is 1.73. The van der Waals surface area contributed by atoms with Crippen LogP contribution in [-0.4, -0.2) is 30.4 Å². The van der Waals surface area contributed by atoms with E-state index in [0.29, 0.717) is 35.0 Å². The maximum atomic E-state index is 12.6. The molecule has 0 spiro atoms. The molecule has 5 nitrogen and oxygen atoms in total. The van der Waals surface area contributed by atoms with Crippen molar-refractivity contribution in [1.82, 2.24) is 4.90 Å². The van der Waals surface area contributed by atoms with Crippen molar-refractivity contribution < 1.29 is 14.3 Å². The lowest BCUT2D eigenvalue weighted by molar-refractivity contribution is -0.133. The zero-order chi connectivity index (χ0) is 18.5. The van der Waals surface area contributed by atoms with Gasteiger partial charge in [-0.2, -0.15) is 0 Å². The molecule has 0 unspecified atom stereocenters. The van der Waals surface area contributed by atoms with Crippen LogP contribution < -0.4 is 10.1 Å². The Morgan fingerprint density at radius 3 is 2.85 bits per heavy atom. The summed E-state index contributed by atoms with van der Waals surface area (Å²) >= 11 is 6.00. The van der Waals surface area contributed by atoms with Crippen LogP contribution in [0.4, 0.5) is 5.69 Å². The number of anilines is 1. The summed E-state index contributed by atoms with van der Waals surface area (Å²) < 4.78 is 5.23. The molecule has 1 heterocycles. The topological polar surface area (TPSA) is 58.6 Å². The molecule has 26 heavy (non-hydrogen) atoms. The molecule has 1 aliphatic rings. The molecule has 3 rings (SSSR count). The van der Waals surface area contributed by atoms with Gasteiger partial charge in [0.25, 0.3) is 5.91 Å². The van der Waals surface area contributed by atoms with Crippen LogP contribution in [0, 0.1) is 0 Å². The number of rotatable bonds is 5. The summed E-state index contributed by atoms with van der Waals surface area (Å²) in [5, 5.41) is 3.33. The van der Waals surface area contributed by atoms with Crippen molar-refractivity contribution in [2.75, 3.05) is 19.0 Å². The van der Waals surface area contributed by atoms with Crippen LogP contribution >= 0.6 is 11.6 Å². The number of piperidine rings is 1. The molecule has 1 fully saturated rings. The first-order chi connectivity index (χ1) is 12.6. The van der Waals surface area contributed by atoms with Gasteiger partial charge in [0.05, 0.1) is 12.7 Å². The van der Waals surface area contributed by atoms with Crippen LogP contribution in [0.15, 0.2) is 42.5 Å². The van der Waals surface area contributed by atoms with Crippen LogP contribution in [0.1, 0.15) is 35.2 Å². The predicted octanol–water partition coefficient (Wildman–Crippen LogP) is 4.11. The van der Waals surface area contributed by atoms with E-state index in [-0.39, 0.29) is 11.8 Å². The minimum atomic E-state index is -0.296. The lowest BCUT2D eigenvalue weighted by Gasteiger charge is -2.26. The lowest BCUT2D eigenvalue weighted by atomic mass is 10.1. The van der Waals surface area contributed by atoms with Gasteiger partial charge in [0.1, 0.15) is 5.75 Å². The number of nitrogens with one attached hydrogen (secondary N) is 1. The number of ether oxygens (including phenoxy) is 1. The Labute approximate surface area is 157 Å². The molecule has 0 atom stereocenters. The van der Waals surface area contributed by atoms with E-state index in [1.165, 1.54) is 7.11 Å². The van der Waals surface area contributed by atoms with E-state index in [9.17, 15) is 9.59 Å². The molecular weight excluding hydrogens is 352 g/mol. The quantitative estimate of drug-likeness (QED) is 0.859. The number of nitrogens with zero attached hydrogens (tertiary/aromatic N) is 1. The van der Waals surface area contributed by atoms with Crippen molar-refractivity contribution in [2.24, 2.45) is 0 Å². The maximum absolute atomic E-state index is 12.6. The molecule has 0 radical (unpaired) electrons. The number of methoxy groups -OCH3 is 1. The van der Waals surface area contributed by atoms with Crippen LogP contribution in [0.2, 0.25) is 5.02 Å². The highest BCUT2D eigenvalue weighted by molar-refractivity contribution is 6.31. The number of likely N-dealkylation sites (tertiary alicyclic amines) is 1. The monoisotopic (exact) mass is 372 g/mol. The Kier molecular flexibility index (Phi) is 5.78. The van der Waals surface area contributed by atoms with Crippen molar-refractivity contribution in [3.63, 3.8) is 0 Å². The van der Waals surface area contributed by atoms with Gasteiger partial charge >= 0.3 is 0 Å². The first-order valence-electron chi connectivity index (χ1n) is 8.58. The molecule has 0 aliphatic carbocycles. The molecule has 0 aromatic heterocycles. The molecule has 6 heteroatoms. The Morgan fingerprint density at radius 1 is 1.23 bits per heavy atom. The highest BCUT2D eigenvalue weighted by Crippen LogP contribution is 2.24. The van der Waals surface area contributed by atoms with E-state index in [0.717, 1.165) is 24.9 Å². The summed E-state index contributed by atoms with van der Waals surface area (Å²) in [5.74, 6) is 0.354. The zero-order valence-electron chi connectivity index (χ0n) is 14.6. The number of hydrogen-bond acceptors (Lipinski definition) is 3. The third-order valence-corrected chi connectivity index (χ3v) is 4.62. The molecule has 1 N–H and O–H groups in total. The molecule has 2 aromatic rings. The van der Waals surface area contributed by atoms with E-state index < -0.39 is 0 Å². The molecule has 0 bridgehead atoms. The Bertz CT molecular complexity index is 822. The number of hydrogen-bond donors (Lipinski definition) is 1. The van der Waals surface area contributed by atoms with Gasteiger partial charge in [0.15, 0.2) is 0 Å². The number of carbonyl (C=O) groups is 2. The first-order valence-corrected chi connectivity index (χ1v) is 8.96. The van der Waals surface area contributed by atoms with Gasteiger partial charge in [0, 0.05) is 30.2 Å². The summed E-state index contributed by atoms with van der Waals surface area (Å²) in [6.07, 6.45) is 2.62. The molecule has 1 aliphatic heterocycles. The van der Waals surface area contributed by atoms with Crippen LogP contribution in [0.5, 0.6) is 5.75 Å². The number of benzene rings is 2. The SMILES string of the molecule is COc1ccc(Cl)cc1C(=O)Nc1cccc(CN2CCCCC2=O)c1. The third kappa shape index (κ3) is 4.35.